The van der Waals surface area contributed by atoms with Gasteiger partial charge in [-0.15, -0.1) is 0 Å². The molecule has 0 aromatic heterocycles. The summed E-state index contributed by atoms with van der Waals surface area (Å²) in [4.78, 5) is 2.61. The molecule has 7 heteroatoms. The smallest absolute Gasteiger partial charge is 0.240 e. The second-order valence-electron chi connectivity index (χ2n) is 6.59. The molecular formula is C20H26N2O4S. The zero-order valence-electron chi connectivity index (χ0n) is 15.8. The quantitative estimate of drug-likeness (QED) is 0.701. The van der Waals surface area contributed by atoms with Crippen LogP contribution in [0.3, 0.4) is 0 Å². The third-order valence-electron chi connectivity index (χ3n) is 4.82. The number of nitrogens with one attached hydrogen (secondary N) is 1. The van der Waals surface area contributed by atoms with Gasteiger partial charge in [-0.3, -0.25) is 4.90 Å². The summed E-state index contributed by atoms with van der Waals surface area (Å²) in [5, 5.41) is 0. The lowest BCUT2D eigenvalue weighted by molar-refractivity contribution is 0.251. The molecule has 0 atom stereocenters. The molecule has 0 amide bonds. The molecule has 1 N–H and O–H groups in total. The Labute approximate surface area is 161 Å². The third-order valence-corrected chi connectivity index (χ3v) is 6.29. The van der Waals surface area contributed by atoms with Gasteiger partial charge >= 0.3 is 0 Å². The molecule has 1 heterocycles. The third kappa shape index (κ3) is 5.00. The van der Waals surface area contributed by atoms with E-state index in [4.69, 9.17) is 9.47 Å². The van der Waals surface area contributed by atoms with Crippen molar-refractivity contribution in [2.75, 3.05) is 33.9 Å². The van der Waals surface area contributed by atoms with Crippen molar-refractivity contribution in [3.63, 3.8) is 0 Å². The number of sulfonamides is 1. The molecule has 1 aliphatic heterocycles. The van der Waals surface area contributed by atoms with Gasteiger partial charge < -0.3 is 9.47 Å². The highest BCUT2D eigenvalue weighted by Gasteiger charge is 2.17. The standard InChI is InChI=1S/C20H26N2O4S/c1-25-18-6-8-20(9-7-18)27(23,24)21-11-3-12-22-13-10-16-14-19(26-2)5-4-17(16)15-22/h4-9,14,21H,3,10-13,15H2,1-2H3. The average Bonchev–Trinajstić information content (AvgIpc) is 2.70. The van der Waals surface area contributed by atoms with E-state index in [1.165, 1.54) is 11.1 Å². The molecule has 0 saturated heterocycles. The van der Waals surface area contributed by atoms with Gasteiger partial charge in [0.1, 0.15) is 11.5 Å². The molecule has 2 aromatic carbocycles. The maximum Gasteiger partial charge on any atom is 0.240 e. The Hall–Kier alpha value is -2.09. The Morgan fingerprint density at radius 1 is 1.00 bits per heavy atom. The number of rotatable bonds is 8. The minimum absolute atomic E-state index is 0.254. The van der Waals surface area contributed by atoms with Crippen LogP contribution < -0.4 is 14.2 Å². The SMILES string of the molecule is COc1ccc(S(=O)(=O)NCCCN2CCc3cc(OC)ccc3C2)cc1. The lowest BCUT2D eigenvalue weighted by atomic mass is 9.99. The van der Waals surface area contributed by atoms with Crippen LogP contribution in [0.25, 0.3) is 0 Å². The zero-order valence-corrected chi connectivity index (χ0v) is 16.6. The fourth-order valence-corrected chi connectivity index (χ4v) is 4.33. The first-order valence-electron chi connectivity index (χ1n) is 9.04. The van der Waals surface area contributed by atoms with Crippen LogP contribution >= 0.6 is 0 Å². The number of nitrogens with zero attached hydrogens (tertiary/aromatic N) is 1. The molecule has 2 aromatic rings. The molecular weight excluding hydrogens is 364 g/mol. The summed E-state index contributed by atoms with van der Waals surface area (Å²) in [5.41, 5.74) is 2.66. The predicted octanol–water partition coefficient (Wildman–Crippen LogP) is 2.43. The summed E-state index contributed by atoms with van der Waals surface area (Å²) >= 11 is 0. The maximum atomic E-state index is 12.3. The molecule has 0 bridgehead atoms. The second-order valence-corrected chi connectivity index (χ2v) is 8.35. The Kier molecular flexibility index (Phi) is 6.36. The fraction of sp³-hybridized carbons (Fsp3) is 0.400. The molecule has 0 aliphatic carbocycles. The van der Waals surface area contributed by atoms with Crippen LogP contribution in [0.5, 0.6) is 11.5 Å². The largest absolute Gasteiger partial charge is 0.497 e. The van der Waals surface area contributed by atoms with Gasteiger partial charge in [0.15, 0.2) is 0 Å². The van der Waals surface area contributed by atoms with Crippen molar-refractivity contribution in [2.45, 2.75) is 24.3 Å². The first-order chi connectivity index (χ1) is 13.0. The van der Waals surface area contributed by atoms with E-state index in [0.29, 0.717) is 12.3 Å². The molecule has 0 fully saturated rings. The van der Waals surface area contributed by atoms with E-state index in [2.05, 4.69) is 21.8 Å². The summed E-state index contributed by atoms with van der Waals surface area (Å²) < 4.78 is 37.7. The van der Waals surface area contributed by atoms with E-state index in [-0.39, 0.29) is 4.90 Å². The predicted molar refractivity (Wildman–Crippen MR) is 105 cm³/mol. The van der Waals surface area contributed by atoms with Gasteiger partial charge in [0.2, 0.25) is 10.0 Å². The summed E-state index contributed by atoms with van der Waals surface area (Å²) in [5.74, 6) is 1.53. The molecule has 0 unspecified atom stereocenters. The van der Waals surface area contributed by atoms with Gasteiger partial charge in [-0.05, 0) is 66.9 Å². The Bertz CT molecular complexity index is 866. The molecule has 27 heavy (non-hydrogen) atoms. The Morgan fingerprint density at radius 3 is 2.41 bits per heavy atom. The van der Waals surface area contributed by atoms with E-state index in [9.17, 15) is 8.42 Å². The van der Waals surface area contributed by atoms with Gasteiger partial charge in [0.05, 0.1) is 19.1 Å². The Balaban J connectivity index is 1.47. The number of hydrogen-bond donors (Lipinski definition) is 1. The highest BCUT2D eigenvalue weighted by atomic mass is 32.2. The van der Waals surface area contributed by atoms with Crippen molar-refractivity contribution < 1.29 is 17.9 Å². The van der Waals surface area contributed by atoms with Gasteiger partial charge in [0.25, 0.3) is 0 Å². The van der Waals surface area contributed by atoms with E-state index in [0.717, 1.165) is 38.2 Å². The summed E-state index contributed by atoms with van der Waals surface area (Å²) in [6.45, 7) is 3.15. The van der Waals surface area contributed by atoms with Gasteiger partial charge in [0, 0.05) is 19.6 Å². The van der Waals surface area contributed by atoms with Crippen LogP contribution in [0.2, 0.25) is 0 Å². The van der Waals surface area contributed by atoms with Gasteiger partial charge in [-0.1, -0.05) is 6.07 Å². The number of methoxy groups -OCH3 is 2. The summed E-state index contributed by atoms with van der Waals surface area (Å²) in [6, 6.07) is 12.6. The average molecular weight is 391 g/mol. The van der Waals surface area contributed by atoms with E-state index in [1.807, 2.05) is 6.07 Å². The molecule has 6 nitrogen and oxygen atoms in total. The number of benzene rings is 2. The summed E-state index contributed by atoms with van der Waals surface area (Å²) in [7, 11) is -0.245. The van der Waals surface area contributed by atoms with Crippen molar-refractivity contribution in [1.29, 1.82) is 0 Å². The summed E-state index contributed by atoms with van der Waals surface area (Å²) in [6.07, 6.45) is 1.75. The van der Waals surface area contributed by atoms with Crippen molar-refractivity contribution >= 4 is 10.0 Å². The van der Waals surface area contributed by atoms with Crippen LogP contribution in [0.4, 0.5) is 0 Å². The highest BCUT2D eigenvalue weighted by molar-refractivity contribution is 7.89. The molecule has 0 radical (unpaired) electrons. The number of fused-ring (bicyclic) bond motifs is 1. The minimum atomic E-state index is -3.48. The van der Waals surface area contributed by atoms with Crippen LogP contribution in [0.15, 0.2) is 47.4 Å². The van der Waals surface area contributed by atoms with Crippen LogP contribution in [-0.2, 0) is 23.0 Å². The lowest BCUT2D eigenvalue weighted by Gasteiger charge is -2.29. The van der Waals surface area contributed by atoms with Crippen LogP contribution in [0.1, 0.15) is 17.5 Å². The molecule has 0 spiro atoms. The monoisotopic (exact) mass is 390 g/mol. The minimum Gasteiger partial charge on any atom is -0.497 e. The van der Waals surface area contributed by atoms with Gasteiger partial charge in [-0.2, -0.15) is 0 Å². The lowest BCUT2D eigenvalue weighted by Crippen LogP contribution is -2.33. The first-order valence-corrected chi connectivity index (χ1v) is 10.5. The molecule has 3 rings (SSSR count). The van der Waals surface area contributed by atoms with Crippen LogP contribution in [-0.4, -0.2) is 47.2 Å². The molecule has 1 aliphatic rings. The van der Waals surface area contributed by atoms with Crippen LogP contribution in [0, 0.1) is 0 Å². The molecule has 146 valence electrons. The zero-order chi connectivity index (χ0) is 19.3. The molecule has 0 saturated carbocycles. The van der Waals surface area contributed by atoms with E-state index < -0.39 is 10.0 Å². The van der Waals surface area contributed by atoms with Crippen molar-refractivity contribution in [1.82, 2.24) is 9.62 Å². The topological polar surface area (TPSA) is 67.9 Å². The highest BCUT2D eigenvalue weighted by Crippen LogP contribution is 2.23. The normalized spacial score (nSPS) is 14.6. The number of hydrogen-bond acceptors (Lipinski definition) is 5. The fourth-order valence-electron chi connectivity index (χ4n) is 3.25. The second kappa shape index (κ2) is 8.73. The van der Waals surface area contributed by atoms with E-state index >= 15 is 0 Å². The van der Waals surface area contributed by atoms with Crippen molar-refractivity contribution in [2.24, 2.45) is 0 Å². The maximum absolute atomic E-state index is 12.3. The first kappa shape index (κ1) is 19.7. The Morgan fingerprint density at radius 2 is 1.70 bits per heavy atom. The van der Waals surface area contributed by atoms with Crippen molar-refractivity contribution in [3.05, 3.63) is 53.6 Å². The van der Waals surface area contributed by atoms with Crippen molar-refractivity contribution in [3.8, 4) is 11.5 Å². The number of ether oxygens (including phenoxy) is 2. The van der Waals surface area contributed by atoms with Gasteiger partial charge in [-0.25, -0.2) is 13.1 Å². The van der Waals surface area contributed by atoms with E-state index in [1.54, 1.807) is 38.5 Å².